The number of carbonyl (C=O) groups excluding carboxylic acids is 2. The lowest BCUT2D eigenvalue weighted by molar-refractivity contribution is -0.162. The van der Waals surface area contributed by atoms with E-state index in [1.165, 1.54) is 43.4 Å². The van der Waals surface area contributed by atoms with E-state index in [2.05, 4.69) is 56.4 Å². The first-order valence-electron chi connectivity index (χ1n) is 14.5. The van der Waals surface area contributed by atoms with Gasteiger partial charge in [0.25, 0.3) is 0 Å². The lowest BCUT2D eigenvalue weighted by Crippen LogP contribution is -2.73. The molecule has 218 valence electrons. The standard InChI is InChI=1S/C29H49N5O2.2ClH/c1-7-8-16-33-26(35)25(19-23-12-10-9-11-13-23)30-27(36)29(33)14-17-32(18-15-29)20-24-21(2)31-34(22(24)3)28(4,5)6;;/h23,25H,7-20H2,1-6H3,(H,30,36);2*1H/t25-;;/m0../s1. The molecule has 1 aromatic heterocycles. The first-order chi connectivity index (χ1) is 17.1. The number of rotatable bonds is 7. The van der Waals surface area contributed by atoms with Gasteiger partial charge in [0.05, 0.1) is 11.2 Å². The fourth-order valence-corrected chi connectivity index (χ4v) is 6.79. The quantitative estimate of drug-likeness (QED) is 0.467. The van der Waals surface area contributed by atoms with Crippen LogP contribution in [0.3, 0.4) is 0 Å². The zero-order valence-corrected chi connectivity index (χ0v) is 26.1. The highest BCUT2D eigenvalue weighted by atomic mass is 35.5. The number of halogens is 2. The third kappa shape index (κ3) is 6.69. The Balaban J connectivity index is 0.00000253. The summed E-state index contributed by atoms with van der Waals surface area (Å²) in [7, 11) is 0. The van der Waals surface area contributed by atoms with Crippen molar-refractivity contribution in [2.24, 2.45) is 5.92 Å². The van der Waals surface area contributed by atoms with Crippen molar-refractivity contribution in [2.45, 2.75) is 129 Å². The number of nitrogens with zero attached hydrogens (tertiary/aromatic N) is 4. The predicted molar refractivity (Wildman–Crippen MR) is 158 cm³/mol. The largest absolute Gasteiger partial charge is 0.342 e. The second-order valence-corrected chi connectivity index (χ2v) is 12.6. The third-order valence-corrected chi connectivity index (χ3v) is 8.98. The van der Waals surface area contributed by atoms with Crippen LogP contribution < -0.4 is 5.32 Å². The molecule has 3 fully saturated rings. The van der Waals surface area contributed by atoms with Gasteiger partial charge < -0.3 is 10.2 Å². The van der Waals surface area contributed by atoms with Gasteiger partial charge in [-0.05, 0) is 66.2 Å². The molecular weight excluding hydrogens is 521 g/mol. The molecule has 1 atom stereocenters. The van der Waals surface area contributed by atoms with Gasteiger partial charge in [0.15, 0.2) is 0 Å². The van der Waals surface area contributed by atoms with Crippen LogP contribution in [0.1, 0.15) is 109 Å². The molecule has 7 nitrogen and oxygen atoms in total. The summed E-state index contributed by atoms with van der Waals surface area (Å²) >= 11 is 0. The van der Waals surface area contributed by atoms with Crippen LogP contribution >= 0.6 is 24.8 Å². The summed E-state index contributed by atoms with van der Waals surface area (Å²) in [6, 6.07) is -0.338. The van der Waals surface area contributed by atoms with E-state index in [0.717, 1.165) is 44.6 Å². The van der Waals surface area contributed by atoms with Crippen molar-refractivity contribution >= 4 is 36.6 Å². The summed E-state index contributed by atoms with van der Waals surface area (Å²) in [6.07, 6.45) is 10.4. The summed E-state index contributed by atoms with van der Waals surface area (Å²) in [5.41, 5.74) is 2.86. The van der Waals surface area contributed by atoms with Crippen LogP contribution in [0.2, 0.25) is 0 Å². The highest BCUT2D eigenvalue weighted by molar-refractivity contribution is 6.00. The van der Waals surface area contributed by atoms with E-state index in [1.807, 2.05) is 4.90 Å². The van der Waals surface area contributed by atoms with Crippen molar-refractivity contribution < 1.29 is 9.59 Å². The Kier molecular flexibility index (Phi) is 11.6. The monoisotopic (exact) mass is 571 g/mol. The second-order valence-electron chi connectivity index (χ2n) is 12.6. The van der Waals surface area contributed by atoms with Gasteiger partial charge >= 0.3 is 0 Å². The summed E-state index contributed by atoms with van der Waals surface area (Å²) in [5, 5.41) is 8.05. The van der Waals surface area contributed by atoms with Crippen molar-refractivity contribution in [1.29, 1.82) is 0 Å². The predicted octanol–water partition coefficient (Wildman–Crippen LogP) is 5.53. The molecule has 1 saturated carbocycles. The number of amides is 2. The van der Waals surface area contributed by atoms with Gasteiger partial charge in [-0.1, -0.05) is 45.4 Å². The van der Waals surface area contributed by atoms with Crippen LogP contribution in [-0.2, 0) is 21.7 Å². The Morgan fingerprint density at radius 1 is 1.03 bits per heavy atom. The van der Waals surface area contributed by atoms with Crippen molar-refractivity contribution in [2.75, 3.05) is 19.6 Å². The molecule has 0 radical (unpaired) electrons. The fraction of sp³-hybridized carbons (Fsp3) is 0.828. The second kappa shape index (κ2) is 13.4. The molecule has 0 unspecified atom stereocenters. The van der Waals surface area contributed by atoms with E-state index >= 15 is 0 Å². The van der Waals surface area contributed by atoms with Crippen LogP contribution in [-0.4, -0.2) is 62.6 Å². The molecule has 3 aliphatic rings. The Labute approximate surface area is 242 Å². The average molecular weight is 573 g/mol. The topological polar surface area (TPSA) is 70.5 Å². The number of hydrogen-bond acceptors (Lipinski definition) is 4. The van der Waals surface area contributed by atoms with E-state index in [4.69, 9.17) is 5.10 Å². The minimum atomic E-state index is -0.689. The Hall–Kier alpha value is -1.31. The molecule has 1 aliphatic carbocycles. The van der Waals surface area contributed by atoms with Crippen LogP contribution in [0.15, 0.2) is 0 Å². The molecule has 9 heteroatoms. The normalized spacial score (nSPS) is 22.7. The van der Waals surface area contributed by atoms with Crippen molar-refractivity contribution in [3.8, 4) is 0 Å². The molecule has 0 aromatic carbocycles. The maximum atomic E-state index is 13.8. The summed E-state index contributed by atoms with van der Waals surface area (Å²) < 4.78 is 2.13. The smallest absolute Gasteiger partial charge is 0.246 e. The maximum Gasteiger partial charge on any atom is 0.246 e. The lowest BCUT2D eigenvalue weighted by Gasteiger charge is -2.52. The van der Waals surface area contributed by atoms with Crippen molar-refractivity contribution in [3.63, 3.8) is 0 Å². The molecule has 38 heavy (non-hydrogen) atoms. The Bertz CT molecular complexity index is 944. The van der Waals surface area contributed by atoms with Crippen LogP contribution in [0.5, 0.6) is 0 Å². The average Bonchev–Trinajstić information content (AvgIpc) is 3.13. The van der Waals surface area contributed by atoms with Gasteiger partial charge in [-0.3, -0.25) is 19.2 Å². The van der Waals surface area contributed by atoms with Gasteiger partial charge in [-0.15, -0.1) is 24.8 Å². The zero-order valence-electron chi connectivity index (χ0n) is 24.5. The minimum Gasteiger partial charge on any atom is -0.342 e. The molecule has 2 aliphatic heterocycles. The molecule has 1 spiro atoms. The van der Waals surface area contributed by atoms with Crippen molar-refractivity contribution in [3.05, 3.63) is 17.0 Å². The van der Waals surface area contributed by atoms with Crippen LogP contribution in [0, 0.1) is 19.8 Å². The molecule has 1 N–H and O–H groups in total. The number of piperidine rings is 1. The molecular formula is C29H51Cl2N5O2. The molecule has 1 aromatic rings. The van der Waals surface area contributed by atoms with Crippen molar-refractivity contribution in [1.82, 2.24) is 24.9 Å². The SMILES string of the molecule is CCCCN1C(=O)[C@H](CC2CCCCC2)NC(=O)C12CCN(Cc1c(C)nn(C(C)(C)C)c1C)CC2.Cl.Cl. The number of likely N-dealkylation sites (tertiary alicyclic amines) is 1. The van der Waals surface area contributed by atoms with E-state index in [9.17, 15) is 9.59 Å². The summed E-state index contributed by atoms with van der Waals surface area (Å²) in [4.78, 5) is 31.9. The van der Waals surface area contributed by atoms with Crippen LogP contribution in [0.4, 0.5) is 0 Å². The van der Waals surface area contributed by atoms with Gasteiger partial charge in [-0.25, -0.2) is 0 Å². The summed E-state index contributed by atoms with van der Waals surface area (Å²) in [5.74, 6) is 0.823. The number of unbranched alkanes of at least 4 members (excludes halogenated alkanes) is 1. The first-order valence-corrected chi connectivity index (χ1v) is 14.5. The third-order valence-electron chi connectivity index (χ3n) is 8.98. The van der Waals surface area contributed by atoms with Crippen LogP contribution in [0.25, 0.3) is 0 Å². The van der Waals surface area contributed by atoms with E-state index in [1.54, 1.807) is 0 Å². The number of aryl methyl sites for hydroxylation is 1. The van der Waals surface area contributed by atoms with Gasteiger partial charge in [0, 0.05) is 37.4 Å². The fourth-order valence-electron chi connectivity index (χ4n) is 6.79. The highest BCUT2D eigenvalue weighted by Gasteiger charge is 2.53. The molecule has 0 bridgehead atoms. The number of hydrogen-bond donors (Lipinski definition) is 1. The molecule has 4 rings (SSSR count). The maximum absolute atomic E-state index is 13.8. The van der Waals surface area contributed by atoms with Gasteiger partial charge in [0.2, 0.25) is 11.8 Å². The summed E-state index contributed by atoms with van der Waals surface area (Å²) in [6.45, 7) is 16.2. The number of aromatic nitrogens is 2. The van der Waals surface area contributed by atoms with E-state index < -0.39 is 5.54 Å². The van der Waals surface area contributed by atoms with Gasteiger partial charge in [-0.2, -0.15) is 5.10 Å². The molecule has 3 heterocycles. The molecule has 2 saturated heterocycles. The Morgan fingerprint density at radius 2 is 1.66 bits per heavy atom. The van der Waals surface area contributed by atoms with E-state index in [-0.39, 0.29) is 48.2 Å². The lowest BCUT2D eigenvalue weighted by atomic mass is 9.79. The van der Waals surface area contributed by atoms with Gasteiger partial charge in [0.1, 0.15) is 11.6 Å². The molecule has 2 amide bonds. The Morgan fingerprint density at radius 3 is 2.21 bits per heavy atom. The number of piperazine rings is 1. The highest BCUT2D eigenvalue weighted by Crippen LogP contribution is 2.36. The number of nitrogens with one attached hydrogen (secondary N) is 1. The van der Waals surface area contributed by atoms with E-state index in [0.29, 0.717) is 25.3 Å². The number of carbonyl (C=O) groups is 2. The first kappa shape index (κ1) is 32.9. The zero-order chi connectivity index (χ0) is 26.1. The minimum absolute atomic E-state index is 0.